The van der Waals surface area contributed by atoms with E-state index in [-0.39, 0.29) is 0 Å². The lowest BCUT2D eigenvalue weighted by Crippen LogP contribution is -2.35. The summed E-state index contributed by atoms with van der Waals surface area (Å²) in [5.74, 6) is 0. The molecule has 1 fully saturated rings. The number of benzene rings is 1. The maximum absolute atomic E-state index is 8.93. The molecule has 0 bridgehead atoms. The third-order valence-corrected chi connectivity index (χ3v) is 2.89. The fraction of sp³-hybridized carbons (Fsp3) is 0.417. The van der Waals surface area contributed by atoms with Crippen molar-refractivity contribution in [3.05, 3.63) is 34.4 Å². The second kappa shape index (κ2) is 3.43. The summed E-state index contributed by atoms with van der Waals surface area (Å²) in [6.07, 6.45) is 1.21. The maximum Gasteiger partial charge on any atom is 0.0997 e. The van der Waals surface area contributed by atoms with Gasteiger partial charge in [0.25, 0.3) is 0 Å². The SMILES string of the molecule is Cc1cc([C@@H]2CCN2)cc(C)c1C#N. The summed E-state index contributed by atoms with van der Waals surface area (Å²) in [5, 5.41) is 12.3. The lowest BCUT2D eigenvalue weighted by molar-refractivity contribution is 0.383. The third-order valence-electron chi connectivity index (χ3n) is 2.89. The quantitative estimate of drug-likeness (QED) is 0.730. The lowest BCUT2D eigenvalue weighted by atomic mass is 9.92. The van der Waals surface area contributed by atoms with Gasteiger partial charge in [-0.25, -0.2) is 0 Å². The Morgan fingerprint density at radius 1 is 1.36 bits per heavy atom. The lowest BCUT2D eigenvalue weighted by Gasteiger charge is -2.28. The normalized spacial score (nSPS) is 19.9. The number of hydrogen-bond acceptors (Lipinski definition) is 2. The molecule has 1 aromatic carbocycles. The van der Waals surface area contributed by atoms with Crippen LogP contribution in [0.1, 0.15) is 34.7 Å². The molecule has 2 nitrogen and oxygen atoms in total. The molecule has 14 heavy (non-hydrogen) atoms. The van der Waals surface area contributed by atoms with Gasteiger partial charge in [0.05, 0.1) is 11.6 Å². The molecule has 0 aliphatic carbocycles. The second-order valence-electron chi connectivity index (χ2n) is 3.94. The molecule has 1 aliphatic heterocycles. The van der Waals surface area contributed by atoms with Crippen LogP contribution in [0.2, 0.25) is 0 Å². The summed E-state index contributed by atoms with van der Waals surface area (Å²) in [5.41, 5.74) is 4.34. The highest BCUT2D eigenvalue weighted by atomic mass is 15.0. The highest BCUT2D eigenvalue weighted by molar-refractivity contribution is 5.46. The number of aryl methyl sites for hydroxylation is 2. The van der Waals surface area contributed by atoms with E-state index in [4.69, 9.17) is 5.26 Å². The summed E-state index contributed by atoms with van der Waals surface area (Å²) in [6, 6.07) is 7.01. The number of nitrogens with one attached hydrogen (secondary N) is 1. The topological polar surface area (TPSA) is 35.8 Å². The van der Waals surface area contributed by atoms with Gasteiger partial charge in [-0.3, -0.25) is 0 Å². The minimum atomic E-state index is 0.514. The van der Waals surface area contributed by atoms with Crippen molar-refractivity contribution in [2.24, 2.45) is 0 Å². The molecule has 0 saturated carbocycles. The van der Waals surface area contributed by atoms with E-state index >= 15 is 0 Å². The molecular weight excluding hydrogens is 172 g/mol. The molecule has 1 heterocycles. The molecule has 2 rings (SSSR count). The predicted octanol–water partition coefficient (Wildman–Crippen LogP) is 2.21. The van der Waals surface area contributed by atoms with Gasteiger partial charge in [0, 0.05) is 6.04 Å². The molecule has 1 aliphatic rings. The minimum Gasteiger partial charge on any atom is -0.310 e. The van der Waals surface area contributed by atoms with E-state index < -0.39 is 0 Å². The largest absolute Gasteiger partial charge is 0.310 e. The van der Waals surface area contributed by atoms with Crippen LogP contribution in [0, 0.1) is 25.2 Å². The molecule has 2 heteroatoms. The van der Waals surface area contributed by atoms with E-state index in [1.165, 1.54) is 12.0 Å². The van der Waals surface area contributed by atoms with E-state index in [9.17, 15) is 0 Å². The Labute approximate surface area is 84.6 Å². The van der Waals surface area contributed by atoms with Crippen LogP contribution in [0.5, 0.6) is 0 Å². The first-order chi connectivity index (χ1) is 6.72. The molecular formula is C12H14N2. The van der Waals surface area contributed by atoms with Crippen LogP contribution in [0.3, 0.4) is 0 Å². The van der Waals surface area contributed by atoms with Gasteiger partial charge >= 0.3 is 0 Å². The highest BCUT2D eigenvalue weighted by Crippen LogP contribution is 2.26. The third kappa shape index (κ3) is 1.40. The molecule has 72 valence electrons. The minimum absolute atomic E-state index is 0.514. The van der Waals surface area contributed by atoms with Crippen molar-refractivity contribution < 1.29 is 0 Å². The molecule has 0 aromatic heterocycles. The van der Waals surface area contributed by atoms with Crippen LogP contribution in [-0.2, 0) is 0 Å². The molecule has 0 radical (unpaired) electrons. The molecule has 0 amide bonds. The Morgan fingerprint density at radius 3 is 2.29 bits per heavy atom. The van der Waals surface area contributed by atoms with Gasteiger partial charge in [-0.2, -0.15) is 5.26 Å². The van der Waals surface area contributed by atoms with Gasteiger partial charge in [0.2, 0.25) is 0 Å². The average Bonchev–Trinajstić information content (AvgIpc) is 2.00. The van der Waals surface area contributed by atoms with Crippen LogP contribution in [0.15, 0.2) is 12.1 Å². The van der Waals surface area contributed by atoms with E-state index in [0.29, 0.717) is 6.04 Å². The van der Waals surface area contributed by atoms with E-state index in [1.54, 1.807) is 0 Å². The van der Waals surface area contributed by atoms with Crippen molar-refractivity contribution in [3.8, 4) is 6.07 Å². The first-order valence-corrected chi connectivity index (χ1v) is 4.97. The first-order valence-electron chi connectivity index (χ1n) is 4.97. The molecule has 0 spiro atoms. The van der Waals surface area contributed by atoms with Gasteiger partial charge < -0.3 is 5.32 Å². The van der Waals surface area contributed by atoms with Crippen molar-refractivity contribution in [2.45, 2.75) is 26.3 Å². The zero-order valence-electron chi connectivity index (χ0n) is 8.59. The van der Waals surface area contributed by atoms with Gasteiger partial charge in [0.1, 0.15) is 0 Å². The van der Waals surface area contributed by atoms with E-state index in [0.717, 1.165) is 23.2 Å². The standard InChI is InChI=1S/C12H14N2/c1-8-5-10(12-3-4-14-12)6-9(2)11(8)7-13/h5-6,12,14H,3-4H2,1-2H3/t12-/m0/s1. The number of hydrogen-bond donors (Lipinski definition) is 1. The van der Waals surface area contributed by atoms with E-state index in [2.05, 4.69) is 23.5 Å². The summed E-state index contributed by atoms with van der Waals surface area (Å²) < 4.78 is 0. The number of rotatable bonds is 1. The molecule has 1 aromatic rings. The smallest absolute Gasteiger partial charge is 0.0997 e. The number of nitrogens with zero attached hydrogens (tertiary/aromatic N) is 1. The molecule has 1 N–H and O–H groups in total. The Morgan fingerprint density at radius 2 is 1.93 bits per heavy atom. The summed E-state index contributed by atoms with van der Waals surface area (Å²) in [6.45, 7) is 5.13. The van der Waals surface area contributed by atoms with Crippen LogP contribution < -0.4 is 5.32 Å². The zero-order chi connectivity index (χ0) is 10.1. The van der Waals surface area contributed by atoms with Crippen LogP contribution in [-0.4, -0.2) is 6.54 Å². The van der Waals surface area contributed by atoms with E-state index in [1.807, 2.05) is 13.8 Å². The van der Waals surface area contributed by atoms with Gasteiger partial charge in [-0.1, -0.05) is 12.1 Å². The Balaban J connectivity index is 2.41. The first kappa shape index (κ1) is 9.23. The summed E-state index contributed by atoms with van der Waals surface area (Å²) in [7, 11) is 0. The van der Waals surface area contributed by atoms with Crippen molar-refractivity contribution in [1.29, 1.82) is 5.26 Å². The van der Waals surface area contributed by atoms with Crippen LogP contribution in [0.25, 0.3) is 0 Å². The maximum atomic E-state index is 8.93. The van der Waals surface area contributed by atoms with Crippen molar-refractivity contribution in [3.63, 3.8) is 0 Å². The van der Waals surface area contributed by atoms with Crippen LogP contribution >= 0.6 is 0 Å². The fourth-order valence-electron chi connectivity index (χ4n) is 1.95. The molecule has 0 unspecified atom stereocenters. The molecule has 1 atom stereocenters. The van der Waals surface area contributed by atoms with Crippen molar-refractivity contribution in [1.82, 2.24) is 5.32 Å². The van der Waals surface area contributed by atoms with Crippen LogP contribution in [0.4, 0.5) is 0 Å². The summed E-state index contributed by atoms with van der Waals surface area (Å²) in [4.78, 5) is 0. The summed E-state index contributed by atoms with van der Waals surface area (Å²) >= 11 is 0. The Hall–Kier alpha value is -1.33. The fourth-order valence-corrected chi connectivity index (χ4v) is 1.95. The average molecular weight is 186 g/mol. The highest BCUT2D eigenvalue weighted by Gasteiger charge is 2.19. The monoisotopic (exact) mass is 186 g/mol. The zero-order valence-corrected chi connectivity index (χ0v) is 8.59. The van der Waals surface area contributed by atoms with Gasteiger partial charge in [-0.15, -0.1) is 0 Å². The Kier molecular flexibility index (Phi) is 2.26. The molecule has 1 saturated heterocycles. The van der Waals surface area contributed by atoms with Crippen molar-refractivity contribution in [2.75, 3.05) is 6.54 Å². The van der Waals surface area contributed by atoms with Gasteiger partial charge in [-0.05, 0) is 43.5 Å². The number of nitriles is 1. The predicted molar refractivity (Wildman–Crippen MR) is 56.0 cm³/mol. The van der Waals surface area contributed by atoms with Gasteiger partial charge in [0.15, 0.2) is 0 Å². The second-order valence-corrected chi connectivity index (χ2v) is 3.94. The Bertz CT molecular complexity index is 374. The van der Waals surface area contributed by atoms with Crippen molar-refractivity contribution >= 4 is 0 Å².